The summed E-state index contributed by atoms with van der Waals surface area (Å²) in [4.78, 5) is 13.8. The number of hydrogen-bond acceptors (Lipinski definition) is 2. The minimum Gasteiger partial charge on any atom is -0.361 e. The molecule has 1 unspecified atom stereocenters. The molecule has 0 aromatic heterocycles. The summed E-state index contributed by atoms with van der Waals surface area (Å²) in [6, 6.07) is 26.8. The molecule has 28 heavy (non-hydrogen) atoms. The van der Waals surface area contributed by atoms with Crippen LogP contribution in [0.5, 0.6) is 0 Å². The summed E-state index contributed by atoms with van der Waals surface area (Å²) in [5.41, 5.74) is 1.41. The molecule has 1 atom stereocenters. The molecule has 0 amide bonds. The maximum absolute atomic E-state index is 13.8. The van der Waals surface area contributed by atoms with E-state index < -0.39 is 5.60 Å². The van der Waals surface area contributed by atoms with Gasteiger partial charge in [-0.1, -0.05) is 98.2 Å². The molecule has 0 N–H and O–H groups in total. The first kappa shape index (κ1) is 20.3. The zero-order valence-corrected chi connectivity index (χ0v) is 17.0. The molecular weight excluding hydrogens is 368 g/mol. The number of halogens is 1. The van der Waals surface area contributed by atoms with Crippen molar-refractivity contribution in [2.75, 3.05) is 6.61 Å². The van der Waals surface area contributed by atoms with E-state index in [0.29, 0.717) is 29.5 Å². The molecule has 3 rings (SSSR count). The van der Waals surface area contributed by atoms with Crippen molar-refractivity contribution in [2.24, 2.45) is 5.92 Å². The van der Waals surface area contributed by atoms with E-state index in [1.54, 1.807) is 0 Å². The summed E-state index contributed by atoms with van der Waals surface area (Å²) in [5.74, 6) is 0.270. The third-order valence-electron chi connectivity index (χ3n) is 4.67. The van der Waals surface area contributed by atoms with Gasteiger partial charge in [0.1, 0.15) is 0 Å². The molecule has 0 heterocycles. The van der Waals surface area contributed by atoms with Crippen LogP contribution >= 0.6 is 11.6 Å². The number of ether oxygens (including phenoxy) is 1. The molecule has 0 aliphatic heterocycles. The minimum absolute atomic E-state index is 0.0325. The van der Waals surface area contributed by atoms with E-state index in [9.17, 15) is 4.79 Å². The summed E-state index contributed by atoms with van der Waals surface area (Å²) in [5, 5.41) is 0.673. The standard InChI is InChI=1S/C25H25ClO2/c1-19(2)18-28-25(22-11-7-4-8-12-22,17-20-13-15-23(26)16-14-20)24(27)21-9-5-3-6-10-21/h3-16,19H,17-18H2,1-2H3. The zero-order chi connectivity index (χ0) is 20.0. The highest BCUT2D eigenvalue weighted by Crippen LogP contribution is 2.35. The number of Topliss-reactive ketones (excluding diaryl/α,β-unsaturated/α-hetero) is 1. The highest BCUT2D eigenvalue weighted by Gasteiger charge is 2.42. The molecule has 0 spiro atoms. The van der Waals surface area contributed by atoms with E-state index in [0.717, 1.165) is 11.1 Å². The Labute approximate surface area is 172 Å². The maximum atomic E-state index is 13.8. The first-order valence-electron chi connectivity index (χ1n) is 9.55. The highest BCUT2D eigenvalue weighted by atomic mass is 35.5. The van der Waals surface area contributed by atoms with Crippen LogP contribution in [0.3, 0.4) is 0 Å². The molecule has 0 saturated heterocycles. The molecule has 3 aromatic rings. The normalized spacial score (nSPS) is 13.3. The Morgan fingerprint density at radius 3 is 2.04 bits per heavy atom. The number of carbonyl (C=O) groups is 1. The Morgan fingerprint density at radius 1 is 0.893 bits per heavy atom. The van der Waals surface area contributed by atoms with Crippen molar-refractivity contribution in [3.63, 3.8) is 0 Å². The Balaban J connectivity index is 2.12. The van der Waals surface area contributed by atoms with Gasteiger partial charge in [-0.05, 0) is 29.2 Å². The topological polar surface area (TPSA) is 26.3 Å². The molecule has 0 bridgehead atoms. The van der Waals surface area contributed by atoms with Crippen molar-refractivity contribution < 1.29 is 9.53 Å². The fourth-order valence-electron chi connectivity index (χ4n) is 3.24. The van der Waals surface area contributed by atoms with Gasteiger partial charge in [-0.3, -0.25) is 4.79 Å². The van der Waals surface area contributed by atoms with E-state index in [-0.39, 0.29) is 5.78 Å². The van der Waals surface area contributed by atoms with E-state index in [1.165, 1.54) is 0 Å². The largest absolute Gasteiger partial charge is 0.361 e. The number of ketones is 1. The van der Waals surface area contributed by atoms with E-state index in [1.807, 2.05) is 84.9 Å². The van der Waals surface area contributed by atoms with Crippen molar-refractivity contribution in [2.45, 2.75) is 25.9 Å². The average Bonchev–Trinajstić information content (AvgIpc) is 2.73. The summed E-state index contributed by atoms with van der Waals surface area (Å²) < 4.78 is 6.45. The fourth-order valence-corrected chi connectivity index (χ4v) is 3.37. The summed E-state index contributed by atoms with van der Waals surface area (Å²) in [7, 11) is 0. The number of rotatable bonds is 8. The van der Waals surface area contributed by atoms with Crippen LogP contribution in [0.25, 0.3) is 0 Å². The highest BCUT2D eigenvalue weighted by molar-refractivity contribution is 6.30. The lowest BCUT2D eigenvalue weighted by molar-refractivity contribution is -0.0399. The predicted octanol–water partition coefficient (Wildman–Crippen LogP) is 6.33. The first-order chi connectivity index (χ1) is 13.5. The van der Waals surface area contributed by atoms with Crippen molar-refractivity contribution in [3.05, 3.63) is 107 Å². The second-order valence-corrected chi connectivity index (χ2v) is 7.83. The molecule has 144 valence electrons. The number of carbonyl (C=O) groups excluding carboxylic acids is 1. The molecule has 3 aromatic carbocycles. The molecule has 0 aliphatic rings. The van der Waals surface area contributed by atoms with Gasteiger partial charge in [-0.15, -0.1) is 0 Å². The SMILES string of the molecule is CC(C)COC(Cc1ccc(Cl)cc1)(C(=O)c1ccccc1)c1ccccc1. The molecule has 0 aliphatic carbocycles. The Hall–Kier alpha value is -2.42. The molecule has 2 nitrogen and oxygen atoms in total. The Morgan fingerprint density at radius 2 is 1.46 bits per heavy atom. The quantitative estimate of drug-likeness (QED) is 0.418. The van der Waals surface area contributed by atoms with Crippen LogP contribution in [0.1, 0.15) is 35.3 Å². The van der Waals surface area contributed by atoms with Crippen LogP contribution in [0.4, 0.5) is 0 Å². The molecule has 0 saturated carbocycles. The lowest BCUT2D eigenvalue weighted by atomic mass is 9.80. The fraction of sp³-hybridized carbons (Fsp3) is 0.240. The Bertz CT molecular complexity index is 889. The first-order valence-corrected chi connectivity index (χ1v) is 9.93. The average molecular weight is 393 g/mol. The molecule has 0 fully saturated rings. The van der Waals surface area contributed by atoms with Gasteiger partial charge in [0.2, 0.25) is 0 Å². The minimum atomic E-state index is -1.10. The third kappa shape index (κ3) is 4.70. The van der Waals surface area contributed by atoms with Crippen molar-refractivity contribution >= 4 is 17.4 Å². The lowest BCUT2D eigenvalue weighted by Gasteiger charge is -2.34. The smallest absolute Gasteiger partial charge is 0.199 e. The second kappa shape index (κ2) is 9.18. The van der Waals surface area contributed by atoms with E-state index >= 15 is 0 Å². The Kier molecular flexibility index (Phi) is 6.66. The van der Waals surface area contributed by atoms with Gasteiger partial charge in [-0.2, -0.15) is 0 Å². The summed E-state index contributed by atoms with van der Waals surface area (Å²) >= 11 is 6.06. The van der Waals surface area contributed by atoms with Gasteiger partial charge >= 0.3 is 0 Å². The van der Waals surface area contributed by atoms with E-state index in [2.05, 4.69) is 13.8 Å². The molecule has 0 radical (unpaired) electrons. The molecule has 3 heteroatoms. The summed E-state index contributed by atoms with van der Waals surface area (Å²) in [6.07, 6.45) is 0.439. The van der Waals surface area contributed by atoms with Gasteiger partial charge < -0.3 is 4.74 Å². The van der Waals surface area contributed by atoms with Crippen LogP contribution in [0.2, 0.25) is 5.02 Å². The number of benzene rings is 3. The van der Waals surface area contributed by atoms with Crippen LogP contribution in [-0.4, -0.2) is 12.4 Å². The van der Waals surface area contributed by atoms with Gasteiger partial charge in [0.15, 0.2) is 11.4 Å². The van der Waals surface area contributed by atoms with Crippen LogP contribution < -0.4 is 0 Å². The van der Waals surface area contributed by atoms with Gasteiger partial charge in [0.05, 0.1) is 6.61 Å². The van der Waals surface area contributed by atoms with Gasteiger partial charge in [-0.25, -0.2) is 0 Å². The summed E-state index contributed by atoms with van der Waals surface area (Å²) in [6.45, 7) is 4.66. The lowest BCUT2D eigenvalue weighted by Crippen LogP contribution is -2.42. The van der Waals surface area contributed by atoms with Crippen molar-refractivity contribution in [1.29, 1.82) is 0 Å². The maximum Gasteiger partial charge on any atom is 0.199 e. The number of hydrogen-bond donors (Lipinski definition) is 0. The van der Waals surface area contributed by atoms with Crippen LogP contribution in [-0.2, 0) is 16.8 Å². The van der Waals surface area contributed by atoms with E-state index in [4.69, 9.17) is 16.3 Å². The second-order valence-electron chi connectivity index (χ2n) is 7.40. The van der Waals surface area contributed by atoms with Crippen molar-refractivity contribution in [1.82, 2.24) is 0 Å². The van der Waals surface area contributed by atoms with Gasteiger partial charge in [0, 0.05) is 17.0 Å². The molecular formula is C25H25ClO2. The van der Waals surface area contributed by atoms with Crippen LogP contribution in [0, 0.1) is 5.92 Å². The van der Waals surface area contributed by atoms with Gasteiger partial charge in [0.25, 0.3) is 0 Å². The van der Waals surface area contributed by atoms with Crippen molar-refractivity contribution in [3.8, 4) is 0 Å². The van der Waals surface area contributed by atoms with Crippen LogP contribution in [0.15, 0.2) is 84.9 Å². The predicted molar refractivity (Wildman–Crippen MR) is 115 cm³/mol. The monoisotopic (exact) mass is 392 g/mol. The zero-order valence-electron chi connectivity index (χ0n) is 16.3. The third-order valence-corrected chi connectivity index (χ3v) is 4.92.